The van der Waals surface area contributed by atoms with Crippen LogP contribution in [0.4, 0.5) is 0 Å². The molecule has 0 spiro atoms. The van der Waals surface area contributed by atoms with Gasteiger partial charge in [-0.15, -0.1) is 6.42 Å². The summed E-state index contributed by atoms with van der Waals surface area (Å²) in [6.07, 6.45) is 6.06. The molecule has 1 atom stereocenters. The van der Waals surface area contributed by atoms with Crippen molar-refractivity contribution in [3.63, 3.8) is 0 Å². The van der Waals surface area contributed by atoms with Crippen molar-refractivity contribution < 1.29 is 14.3 Å². The van der Waals surface area contributed by atoms with Gasteiger partial charge in [-0.25, -0.2) is 0 Å². The molecule has 0 amide bonds. The zero-order valence-electron chi connectivity index (χ0n) is 12.2. The number of ketones is 1. The molecule has 3 nitrogen and oxygen atoms in total. The summed E-state index contributed by atoms with van der Waals surface area (Å²) in [5.74, 6) is 1.71. The molecule has 1 rings (SSSR count). The van der Waals surface area contributed by atoms with Crippen LogP contribution in [0.2, 0.25) is 0 Å². The smallest absolute Gasteiger partial charge is 0.309 e. The first-order valence-corrected chi connectivity index (χ1v) is 6.64. The lowest BCUT2D eigenvalue weighted by Crippen LogP contribution is -2.24. The summed E-state index contributed by atoms with van der Waals surface area (Å²) in [5, 5.41) is 0. The van der Waals surface area contributed by atoms with E-state index in [4.69, 9.17) is 11.2 Å². The number of methoxy groups -OCH3 is 1. The van der Waals surface area contributed by atoms with Crippen molar-refractivity contribution in [2.45, 2.75) is 26.7 Å². The van der Waals surface area contributed by atoms with Crippen molar-refractivity contribution >= 4 is 11.8 Å². The van der Waals surface area contributed by atoms with E-state index in [-0.39, 0.29) is 24.1 Å². The summed E-state index contributed by atoms with van der Waals surface area (Å²) in [5.41, 5.74) is 1.64. The van der Waals surface area contributed by atoms with Crippen molar-refractivity contribution in [2.24, 2.45) is 11.8 Å². The molecule has 0 aromatic heterocycles. The maximum Gasteiger partial charge on any atom is 0.309 e. The molecule has 20 heavy (non-hydrogen) atoms. The molecule has 0 aliphatic heterocycles. The number of ether oxygens (including phenoxy) is 1. The van der Waals surface area contributed by atoms with E-state index in [1.807, 2.05) is 38.1 Å². The van der Waals surface area contributed by atoms with Gasteiger partial charge in [0.25, 0.3) is 0 Å². The topological polar surface area (TPSA) is 43.4 Å². The minimum atomic E-state index is -0.482. The Hall–Kier alpha value is -2.08. The van der Waals surface area contributed by atoms with Gasteiger partial charge < -0.3 is 4.74 Å². The molecule has 1 aromatic carbocycles. The van der Waals surface area contributed by atoms with Gasteiger partial charge in [-0.05, 0) is 18.1 Å². The van der Waals surface area contributed by atoms with E-state index in [2.05, 4.69) is 5.92 Å². The molecule has 0 radical (unpaired) electrons. The third-order valence-electron chi connectivity index (χ3n) is 3.27. The van der Waals surface area contributed by atoms with Crippen molar-refractivity contribution in [1.82, 2.24) is 0 Å². The maximum atomic E-state index is 11.9. The standard InChI is InChI=1S/C17H20O3/c1-5-13-8-6-7-9-14(13)10-15(17(19)20-4)11-16(18)12(2)3/h1,6-9,12,15H,10-11H2,2-4H3. The molecule has 0 aliphatic rings. The van der Waals surface area contributed by atoms with Gasteiger partial charge in [0.1, 0.15) is 5.78 Å². The molecule has 3 heteroatoms. The van der Waals surface area contributed by atoms with Gasteiger partial charge >= 0.3 is 5.97 Å². The molecule has 0 bridgehead atoms. The quantitative estimate of drug-likeness (QED) is 0.590. The van der Waals surface area contributed by atoms with E-state index in [9.17, 15) is 9.59 Å². The Morgan fingerprint density at radius 1 is 1.30 bits per heavy atom. The molecule has 0 aliphatic carbocycles. The number of rotatable bonds is 6. The number of Topliss-reactive ketones (excluding diaryl/α,β-unsaturated/α-hetero) is 1. The van der Waals surface area contributed by atoms with Gasteiger partial charge in [-0.1, -0.05) is 38.0 Å². The van der Waals surface area contributed by atoms with Crippen LogP contribution in [0.1, 0.15) is 31.4 Å². The molecule has 0 saturated heterocycles. The summed E-state index contributed by atoms with van der Waals surface area (Å²) in [6.45, 7) is 3.65. The van der Waals surface area contributed by atoms with E-state index < -0.39 is 5.92 Å². The molecule has 0 N–H and O–H groups in total. The molecular formula is C17H20O3. The average Bonchev–Trinajstić information content (AvgIpc) is 2.45. The monoisotopic (exact) mass is 272 g/mol. The number of hydrogen-bond acceptors (Lipinski definition) is 3. The predicted molar refractivity (Wildman–Crippen MR) is 78.0 cm³/mol. The van der Waals surface area contributed by atoms with Crippen molar-refractivity contribution in [3.8, 4) is 12.3 Å². The Bertz CT molecular complexity index is 523. The molecule has 0 saturated carbocycles. The van der Waals surface area contributed by atoms with E-state index >= 15 is 0 Å². The fraction of sp³-hybridized carbons (Fsp3) is 0.412. The minimum absolute atomic E-state index is 0.0542. The third-order valence-corrected chi connectivity index (χ3v) is 3.27. The highest BCUT2D eigenvalue weighted by Gasteiger charge is 2.24. The number of hydrogen-bond donors (Lipinski definition) is 0. The first-order chi connectivity index (χ1) is 9.49. The Morgan fingerprint density at radius 3 is 2.50 bits per heavy atom. The fourth-order valence-corrected chi connectivity index (χ4v) is 1.99. The summed E-state index contributed by atoms with van der Waals surface area (Å²) >= 11 is 0. The highest BCUT2D eigenvalue weighted by atomic mass is 16.5. The number of carbonyl (C=O) groups excluding carboxylic acids is 2. The van der Waals surface area contributed by atoms with Crippen LogP contribution in [0.3, 0.4) is 0 Å². The van der Waals surface area contributed by atoms with E-state index in [0.29, 0.717) is 6.42 Å². The molecule has 1 aromatic rings. The zero-order chi connectivity index (χ0) is 15.1. The number of terminal acetylenes is 1. The lowest BCUT2D eigenvalue weighted by atomic mass is 9.89. The molecular weight excluding hydrogens is 252 g/mol. The average molecular weight is 272 g/mol. The van der Waals surface area contributed by atoms with Crippen molar-refractivity contribution in [3.05, 3.63) is 35.4 Å². The van der Waals surface area contributed by atoms with Gasteiger partial charge in [0.05, 0.1) is 13.0 Å². The van der Waals surface area contributed by atoms with Crippen LogP contribution in [0, 0.1) is 24.2 Å². The lowest BCUT2D eigenvalue weighted by Gasteiger charge is -2.16. The Labute approximate surface area is 120 Å². The Balaban J connectivity index is 2.93. The van der Waals surface area contributed by atoms with Crippen LogP contribution < -0.4 is 0 Å². The second-order valence-corrected chi connectivity index (χ2v) is 5.05. The van der Waals surface area contributed by atoms with Crippen LogP contribution in [0.15, 0.2) is 24.3 Å². The molecule has 0 fully saturated rings. The van der Waals surface area contributed by atoms with Gasteiger partial charge in [0.15, 0.2) is 0 Å². The maximum absolute atomic E-state index is 11.9. The third kappa shape index (κ3) is 4.24. The predicted octanol–water partition coefficient (Wildman–Crippen LogP) is 2.61. The van der Waals surface area contributed by atoms with Gasteiger partial charge in [-0.2, -0.15) is 0 Å². The molecule has 1 unspecified atom stereocenters. The summed E-state index contributed by atoms with van der Waals surface area (Å²) in [7, 11) is 1.34. The van der Waals surface area contributed by atoms with Crippen molar-refractivity contribution in [1.29, 1.82) is 0 Å². The number of esters is 1. The highest BCUT2D eigenvalue weighted by molar-refractivity contribution is 5.85. The Morgan fingerprint density at radius 2 is 1.95 bits per heavy atom. The number of carbonyl (C=O) groups is 2. The Kier molecular flexibility index (Phi) is 5.99. The van der Waals surface area contributed by atoms with Crippen LogP contribution in [0.25, 0.3) is 0 Å². The second-order valence-electron chi connectivity index (χ2n) is 5.05. The van der Waals surface area contributed by atoms with E-state index in [0.717, 1.165) is 11.1 Å². The van der Waals surface area contributed by atoms with Crippen molar-refractivity contribution in [2.75, 3.05) is 7.11 Å². The van der Waals surface area contributed by atoms with Gasteiger partial charge in [0.2, 0.25) is 0 Å². The summed E-state index contributed by atoms with van der Waals surface area (Å²) in [6, 6.07) is 7.43. The first kappa shape index (κ1) is 16.0. The van der Waals surface area contributed by atoms with E-state index in [1.54, 1.807) is 0 Å². The zero-order valence-corrected chi connectivity index (χ0v) is 12.2. The lowest BCUT2D eigenvalue weighted by molar-refractivity contribution is -0.147. The van der Waals surface area contributed by atoms with Crippen LogP contribution in [0.5, 0.6) is 0 Å². The number of benzene rings is 1. The van der Waals surface area contributed by atoms with Crippen LogP contribution in [-0.4, -0.2) is 18.9 Å². The van der Waals surface area contributed by atoms with Gasteiger partial charge in [-0.3, -0.25) is 9.59 Å². The highest BCUT2D eigenvalue weighted by Crippen LogP contribution is 2.19. The molecule has 106 valence electrons. The normalized spacial score (nSPS) is 11.8. The van der Waals surface area contributed by atoms with E-state index in [1.165, 1.54) is 7.11 Å². The van der Waals surface area contributed by atoms with Gasteiger partial charge in [0, 0.05) is 17.9 Å². The first-order valence-electron chi connectivity index (χ1n) is 6.64. The summed E-state index contributed by atoms with van der Waals surface area (Å²) in [4.78, 5) is 23.7. The minimum Gasteiger partial charge on any atom is -0.469 e. The summed E-state index contributed by atoms with van der Waals surface area (Å²) < 4.78 is 4.80. The van der Waals surface area contributed by atoms with Crippen LogP contribution in [-0.2, 0) is 20.7 Å². The largest absolute Gasteiger partial charge is 0.469 e. The fourth-order valence-electron chi connectivity index (χ4n) is 1.99. The molecule has 0 heterocycles. The second kappa shape index (κ2) is 7.49. The SMILES string of the molecule is C#Cc1ccccc1CC(CC(=O)C(C)C)C(=O)OC. The van der Waals surface area contributed by atoms with Crippen LogP contribution >= 0.6 is 0 Å².